The lowest BCUT2D eigenvalue weighted by Crippen LogP contribution is -2.66. The van der Waals surface area contributed by atoms with Crippen LogP contribution in [0.25, 0.3) is 0 Å². The summed E-state index contributed by atoms with van der Waals surface area (Å²) in [6, 6.07) is 3.68. The number of nitrogens with one attached hydrogen (secondary N) is 2. The Kier molecular flexibility index (Phi) is 11.0. The van der Waals surface area contributed by atoms with Gasteiger partial charge in [-0.25, -0.2) is 0 Å². The van der Waals surface area contributed by atoms with E-state index in [4.69, 9.17) is 4.74 Å². The fraction of sp³-hybridized carbons (Fsp3) is 0.780. The van der Waals surface area contributed by atoms with Crippen LogP contribution in [0, 0.1) is 74.9 Å². The highest BCUT2D eigenvalue weighted by Crippen LogP contribution is 2.77. The molecule has 9 nitrogen and oxygen atoms in total. The van der Waals surface area contributed by atoms with Gasteiger partial charge in [0.2, 0.25) is 0 Å². The molecule has 7 rings (SSSR count). The predicted octanol–water partition coefficient (Wildman–Crippen LogP) is 9.52. The molecule has 0 saturated heterocycles. The summed E-state index contributed by atoms with van der Waals surface area (Å²) in [5.74, 6) is -0.159. The summed E-state index contributed by atoms with van der Waals surface area (Å²) in [6.45, 7) is 28.1. The van der Waals surface area contributed by atoms with Crippen molar-refractivity contribution in [1.29, 1.82) is 0 Å². The molecule has 0 aromatic carbocycles. The quantitative estimate of drug-likeness (QED) is 0.149. The average Bonchev–Trinajstić information content (AvgIpc) is 3.43. The smallest absolute Gasteiger partial charge is 0.309 e. The van der Waals surface area contributed by atoms with Gasteiger partial charge in [0.05, 0.1) is 17.4 Å². The lowest BCUT2D eigenvalue weighted by atomic mass is 9.33. The van der Waals surface area contributed by atoms with Crippen molar-refractivity contribution in [3.63, 3.8) is 0 Å². The van der Waals surface area contributed by atoms with Crippen LogP contribution in [0.4, 0.5) is 0 Å². The van der Waals surface area contributed by atoms with Crippen LogP contribution in [0.2, 0.25) is 0 Å². The fourth-order valence-corrected chi connectivity index (χ4v) is 15.0. The van der Waals surface area contributed by atoms with Gasteiger partial charge in [-0.1, -0.05) is 67.9 Å². The van der Waals surface area contributed by atoms with Gasteiger partial charge in [-0.05, 0) is 155 Å². The number of ether oxygens (including phenoxy) is 1. The van der Waals surface area contributed by atoms with Crippen molar-refractivity contribution in [1.82, 2.24) is 15.6 Å². The number of aromatic nitrogens is 1. The third kappa shape index (κ3) is 6.94. The molecule has 3 N–H and O–H groups in total. The summed E-state index contributed by atoms with van der Waals surface area (Å²) in [6.07, 6.45) is 11.9. The number of aryl methyl sites for hydroxylation is 1. The van der Waals surface area contributed by atoms with Crippen LogP contribution in [0.15, 0.2) is 29.5 Å². The number of Topliss-reactive ketones (excluding diaryl/α,β-unsaturated/α-hetero) is 1. The van der Waals surface area contributed by atoms with Crippen LogP contribution in [-0.2, 0) is 19.1 Å². The number of pyridine rings is 1. The van der Waals surface area contributed by atoms with Gasteiger partial charge in [0.15, 0.2) is 5.78 Å². The molecule has 5 saturated carbocycles. The molecule has 0 spiro atoms. The van der Waals surface area contributed by atoms with E-state index >= 15 is 0 Å². The number of carbonyl (C=O) groups excluding carboxylic acids is 3. The molecule has 0 bridgehead atoms. The maximum absolute atomic E-state index is 14.2. The SMILES string of the molecule is Cc1ccc(C(=O)NC(C)(C)CNCC[C@@]23CC[C@]4(C)[C@H](CC[C@@H]5[C@@]6(C)CC[C@H](OC(=O)[C@H]7C[C@@H](C(=O)O)C7(C)C)C(C)(C)[C@@H]6CC[C@]54C)C2=C(C(C)C)C(=O)C3)cn1. The van der Waals surface area contributed by atoms with Crippen molar-refractivity contribution in [3.8, 4) is 0 Å². The molecule has 1 aromatic heterocycles. The lowest BCUT2D eigenvalue weighted by Gasteiger charge is -2.72. The molecule has 326 valence electrons. The Hall–Kier alpha value is -3.07. The highest BCUT2D eigenvalue weighted by atomic mass is 16.5. The molecule has 6 aliphatic carbocycles. The van der Waals surface area contributed by atoms with Gasteiger partial charge < -0.3 is 20.5 Å². The summed E-state index contributed by atoms with van der Waals surface area (Å²) >= 11 is 0. The van der Waals surface area contributed by atoms with Gasteiger partial charge in [-0.3, -0.25) is 24.2 Å². The Morgan fingerprint density at radius 2 is 1.61 bits per heavy atom. The molecule has 9 heteroatoms. The average molecular weight is 814 g/mol. The summed E-state index contributed by atoms with van der Waals surface area (Å²) in [7, 11) is 0. The standard InChI is InChI=1S/C50H75N3O6/c1-29(2)39-35(54)26-50(23-24-51-28-44(4,5)53-41(55)31-14-13-30(3)52-27-31)22-21-48(11)32(40(39)50)15-16-37-47(10)19-18-38(46(8,9)36(47)17-20-49(37,48)12)59-43(58)34-25-33(42(56)57)45(34,6)7/h13-14,27,29,32-34,36-38,51H,15-26,28H2,1-12H3,(H,53,55)(H,56,57)/t32-,33+,34-,36+,37-,38+,47+,48-,49-,50-/m1/s1. The van der Waals surface area contributed by atoms with E-state index in [-0.39, 0.29) is 56.9 Å². The summed E-state index contributed by atoms with van der Waals surface area (Å²) < 4.78 is 6.44. The van der Waals surface area contributed by atoms with Gasteiger partial charge in [-0.2, -0.15) is 0 Å². The number of allylic oxidation sites excluding steroid dienone is 2. The number of nitrogens with zero attached hydrogens (tertiary/aromatic N) is 1. The van der Waals surface area contributed by atoms with E-state index in [9.17, 15) is 24.3 Å². The number of hydrogen-bond donors (Lipinski definition) is 3. The molecule has 0 radical (unpaired) electrons. The highest BCUT2D eigenvalue weighted by Gasteiger charge is 2.70. The van der Waals surface area contributed by atoms with E-state index in [0.717, 1.165) is 75.6 Å². The van der Waals surface area contributed by atoms with E-state index in [0.29, 0.717) is 48.5 Å². The topological polar surface area (TPSA) is 135 Å². The largest absolute Gasteiger partial charge is 0.481 e. The Labute approximate surface area is 354 Å². The number of fused-ring (bicyclic) bond motifs is 7. The molecule has 0 aliphatic heterocycles. The number of rotatable bonds is 11. The van der Waals surface area contributed by atoms with Crippen molar-refractivity contribution in [2.45, 2.75) is 165 Å². The summed E-state index contributed by atoms with van der Waals surface area (Å²) in [5.41, 5.74) is 2.97. The van der Waals surface area contributed by atoms with E-state index in [2.05, 4.69) is 64.1 Å². The first kappa shape index (κ1) is 44.0. The summed E-state index contributed by atoms with van der Waals surface area (Å²) in [5, 5.41) is 16.6. The second-order valence-corrected chi connectivity index (χ2v) is 23.2. The zero-order valence-electron chi connectivity index (χ0n) is 38.4. The minimum absolute atomic E-state index is 0.0714. The molecule has 59 heavy (non-hydrogen) atoms. The molecule has 10 atom stereocenters. The first-order valence-electron chi connectivity index (χ1n) is 23.0. The lowest BCUT2D eigenvalue weighted by molar-refractivity contribution is -0.236. The Morgan fingerprint density at radius 3 is 2.24 bits per heavy atom. The summed E-state index contributed by atoms with van der Waals surface area (Å²) in [4.78, 5) is 57.0. The Balaban J connectivity index is 1.06. The zero-order valence-corrected chi connectivity index (χ0v) is 38.4. The number of hydrogen-bond acceptors (Lipinski definition) is 7. The van der Waals surface area contributed by atoms with E-state index in [1.165, 1.54) is 5.57 Å². The molecular weight excluding hydrogens is 739 g/mol. The van der Waals surface area contributed by atoms with E-state index < -0.39 is 22.8 Å². The third-order valence-corrected chi connectivity index (χ3v) is 18.6. The third-order valence-electron chi connectivity index (χ3n) is 18.6. The van der Waals surface area contributed by atoms with Crippen LogP contribution in [0.3, 0.4) is 0 Å². The Bertz CT molecular complexity index is 1900. The zero-order chi connectivity index (χ0) is 43.3. The van der Waals surface area contributed by atoms with Crippen LogP contribution in [0.5, 0.6) is 0 Å². The second kappa shape index (κ2) is 14.8. The first-order valence-corrected chi connectivity index (χ1v) is 23.0. The number of carboxylic acids is 1. The molecular formula is C50H75N3O6. The van der Waals surface area contributed by atoms with Gasteiger partial charge in [-0.15, -0.1) is 0 Å². The van der Waals surface area contributed by atoms with Crippen molar-refractivity contribution >= 4 is 23.6 Å². The first-order chi connectivity index (χ1) is 27.3. The van der Waals surface area contributed by atoms with Gasteiger partial charge in [0.1, 0.15) is 6.10 Å². The molecule has 6 aliphatic rings. The molecule has 1 amide bonds. The fourth-order valence-electron chi connectivity index (χ4n) is 15.0. The molecule has 5 fully saturated rings. The van der Waals surface area contributed by atoms with Gasteiger partial charge >= 0.3 is 11.9 Å². The molecule has 0 unspecified atom stereocenters. The number of carboxylic acid groups (broad SMARTS) is 1. The number of amides is 1. The van der Waals surface area contributed by atoms with Crippen LogP contribution >= 0.6 is 0 Å². The van der Waals surface area contributed by atoms with Crippen LogP contribution < -0.4 is 10.6 Å². The van der Waals surface area contributed by atoms with Crippen molar-refractivity contribution in [3.05, 3.63) is 40.7 Å². The van der Waals surface area contributed by atoms with Crippen molar-refractivity contribution < 1.29 is 29.0 Å². The molecule has 1 heterocycles. The van der Waals surface area contributed by atoms with E-state index in [1.54, 1.807) is 6.20 Å². The van der Waals surface area contributed by atoms with Crippen molar-refractivity contribution in [2.24, 2.45) is 68.0 Å². The van der Waals surface area contributed by atoms with Crippen LogP contribution in [0.1, 0.15) is 163 Å². The molecule has 1 aromatic rings. The number of esters is 1. The van der Waals surface area contributed by atoms with Gasteiger partial charge in [0.25, 0.3) is 5.91 Å². The number of ketones is 1. The number of aliphatic carboxylic acids is 1. The maximum Gasteiger partial charge on any atom is 0.309 e. The maximum atomic E-state index is 14.2. The number of carbonyl (C=O) groups is 4. The van der Waals surface area contributed by atoms with Crippen molar-refractivity contribution in [2.75, 3.05) is 13.1 Å². The second-order valence-electron chi connectivity index (χ2n) is 23.2. The monoisotopic (exact) mass is 814 g/mol. The van der Waals surface area contributed by atoms with Gasteiger partial charge in [0, 0.05) is 41.2 Å². The predicted molar refractivity (Wildman–Crippen MR) is 230 cm³/mol. The van der Waals surface area contributed by atoms with Crippen LogP contribution in [-0.4, -0.2) is 58.5 Å². The van der Waals surface area contributed by atoms with E-state index in [1.807, 2.05) is 46.8 Å². The normalized spacial score (nSPS) is 38.4. The minimum Gasteiger partial charge on any atom is -0.481 e. The highest BCUT2D eigenvalue weighted by molar-refractivity contribution is 6.00. The Morgan fingerprint density at radius 1 is 0.898 bits per heavy atom. The minimum atomic E-state index is -0.825.